The Morgan fingerprint density at radius 1 is 0.714 bits per heavy atom. The van der Waals surface area contributed by atoms with Crippen LogP contribution in [-0.4, -0.2) is 69.6 Å². The first-order valence-electron chi connectivity index (χ1n) is 16.4. The largest absolute Gasteiger partial charge is 0.494 e. The minimum Gasteiger partial charge on any atom is -0.494 e. The maximum atomic E-state index is 12.6. The van der Waals surface area contributed by atoms with E-state index in [9.17, 15) is 24.3 Å². The summed E-state index contributed by atoms with van der Waals surface area (Å²) in [6.45, 7) is 1.99. The molecule has 4 aromatic carbocycles. The summed E-state index contributed by atoms with van der Waals surface area (Å²) in [6, 6.07) is 17.1. The second kappa shape index (κ2) is 15.1. The van der Waals surface area contributed by atoms with Gasteiger partial charge in [-0.15, -0.1) is 22.7 Å². The molecule has 0 fully saturated rings. The van der Waals surface area contributed by atoms with Crippen molar-refractivity contribution in [2.24, 2.45) is 11.5 Å². The van der Waals surface area contributed by atoms with Gasteiger partial charge in [0, 0.05) is 20.2 Å². The number of aromatic nitrogens is 4. The van der Waals surface area contributed by atoms with Crippen molar-refractivity contribution in [3.05, 3.63) is 91.6 Å². The number of rotatable bonds is 9. The second-order valence-electron chi connectivity index (χ2n) is 11.8. The number of aromatic amines is 2. The lowest BCUT2D eigenvalue weighted by Crippen LogP contribution is -2.12. The Bertz CT molecular complexity index is 2910. The van der Waals surface area contributed by atoms with Gasteiger partial charge in [-0.05, 0) is 55.5 Å². The van der Waals surface area contributed by atoms with Crippen LogP contribution in [0.15, 0.2) is 60.7 Å². The molecule has 0 bridgehead atoms. The summed E-state index contributed by atoms with van der Waals surface area (Å²) in [5.74, 6) is -1.56. The van der Waals surface area contributed by atoms with Gasteiger partial charge in [-0.25, -0.2) is 19.6 Å². The van der Waals surface area contributed by atoms with Gasteiger partial charge >= 0.3 is 11.9 Å². The van der Waals surface area contributed by atoms with Crippen molar-refractivity contribution in [1.29, 1.82) is 0 Å². The molecule has 0 spiro atoms. The number of esters is 1. The molecular formula is C38H28Cl2N6O8S2. The number of ether oxygens (including phenoxy) is 3. The maximum Gasteiger partial charge on any atom is 0.349 e. The zero-order valence-electron chi connectivity index (χ0n) is 29.4. The van der Waals surface area contributed by atoms with Crippen molar-refractivity contribution in [1.82, 2.24) is 19.9 Å². The Balaban J connectivity index is 0.000000172. The number of imidazole rings is 2. The number of amides is 2. The number of carbonyl (C=O) groups excluding carboxylic acids is 3. The van der Waals surface area contributed by atoms with Gasteiger partial charge in [0.05, 0.1) is 64.2 Å². The summed E-state index contributed by atoms with van der Waals surface area (Å²) in [4.78, 5) is 63.7. The molecule has 0 aliphatic heterocycles. The van der Waals surface area contributed by atoms with Crippen LogP contribution in [0.2, 0.25) is 10.0 Å². The Labute approximate surface area is 333 Å². The number of carboxylic acid groups (broad SMARTS) is 1. The first kappa shape index (κ1) is 38.1. The average Bonchev–Trinajstić information content (AvgIpc) is 3.96. The number of primary amides is 2. The molecule has 56 heavy (non-hydrogen) atoms. The lowest BCUT2D eigenvalue weighted by Gasteiger charge is -2.05. The molecule has 0 saturated heterocycles. The maximum absolute atomic E-state index is 12.6. The highest BCUT2D eigenvalue weighted by Crippen LogP contribution is 2.44. The molecule has 0 atom stereocenters. The zero-order chi connectivity index (χ0) is 40.0. The Hall–Kier alpha value is -6.20. The van der Waals surface area contributed by atoms with Crippen LogP contribution in [0.25, 0.3) is 65.0 Å². The van der Waals surface area contributed by atoms with Crippen LogP contribution >= 0.6 is 45.9 Å². The Kier molecular flexibility index (Phi) is 10.3. The van der Waals surface area contributed by atoms with Crippen LogP contribution in [0.5, 0.6) is 11.5 Å². The van der Waals surface area contributed by atoms with Crippen molar-refractivity contribution in [3.63, 3.8) is 0 Å². The van der Waals surface area contributed by atoms with E-state index in [1.54, 1.807) is 49.4 Å². The lowest BCUT2D eigenvalue weighted by molar-refractivity contribution is 0.0532. The molecular weight excluding hydrogens is 803 g/mol. The first-order valence-corrected chi connectivity index (χ1v) is 18.8. The van der Waals surface area contributed by atoms with Gasteiger partial charge in [0.25, 0.3) is 11.8 Å². The molecule has 284 valence electrons. The van der Waals surface area contributed by atoms with E-state index in [1.807, 2.05) is 12.1 Å². The number of halogens is 2. The number of hydrogen-bond acceptors (Lipinski definition) is 11. The number of methoxy groups -OCH3 is 2. The number of hydrogen-bond donors (Lipinski definition) is 5. The van der Waals surface area contributed by atoms with Crippen molar-refractivity contribution in [2.75, 3.05) is 20.8 Å². The fourth-order valence-electron chi connectivity index (χ4n) is 6.29. The first-order chi connectivity index (χ1) is 26.9. The van der Waals surface area contributed by atoms with Crippen LogP contribution in [0.1, 0.15) is 47.0 Å². The van der Waals surface area contributed by atoms with Gasteiger partial charge in [-0.1, -0.05) is 35.3 Å². The number of nitrogens with one attached hydrogen (secondary N) is 2. The number of carbonyl (C=O) groups is 4. The fourth-order valence-corrected chi connectivity index (χ4v) is 9.14. The highest BCUT2D eigenvalue weighted by atomic mass is 35.5. The standard InChI is InChI=1S/C20H16ClN3O4S.C18H12ClN3O4S/c1-3-28-20(26)17-14(13-10(21)5-4-6-12(13)29-17)19-23-11-8-7-9(18(22)25)16(27-2)15(11)24-19;1-26-14-7(16(20)23)5-6-9-13(14)22-17(21-9)12-11-8(19)3-2-4-10(11)27-15(12)18(24)25/h4-8H,3H2,1-2H3,(H2,22,25)(H,23,24);2-6H,1H3,(H2,20,23)(H,21,22)(H,24,25). The highest BCUT2D eigenvalue weighted by molar-refractivity contribution is 7.22. The number of thiophene rings is 2. The van der Waals surface area contributed by atoms with Crippen LogP contribution in [0.3, 0.4) is 0 Å². The Morgan fingerprint density at radius 2 is 1.16 bits per heavy atom. The minimum absolute atomic E-state index is 0.117. The van der Waals surface area contributed by atoms with E-state index < -0.39 is 23.8 Å². The normalized spacial score (nSPS) is 11.2. The Morgan fingerprint density at radius 3 is 1.57 bits per heavy atom. The zero-order valence-corrected chi connectivity index (χ0v) is 32.6. The molecule has 2 amide bonds. The van der Waals surface area contributed by atoms with Crippen LogP contribution < -0.4 is 20.9 Å². The molecule has 0 aliphatic carbocycles. The third-order valence-electron chi connectivity index (χ3n) is 8.61. The fraction of sp³-hybridized carbons (Fsp3) is 0.105. The van der Waals surface area contributed by atoms with Gasteiger partial charge in [0.15, 0.2) is 11.5 Å². The van der Waals surface area contributed by atoms with E-state index in [4.69, 9.17) is 48.9 Å². The monoisotopic (exact) mass is 830 g/mol. The summed E-state index contributed by atoms with van der Waals surface area (Å²) in [5.41, 5.74) is 14.2. The van der Waals surface area contributed by atoms with E-state index in [-0.39, 0.29) is 34.1 Å². The predicted molar refractivity (Wildman–Crippen MR) is 217 cm³/mol. The molecule has 7 N–H and O–H groups in total. The van der Waals surface area contributed by atoms with E-state index in [0.717, 1.165) is 20.7 Å². The SMILES string of the molecule is CCOC(=O)c1sc2cccc(Cl)c2c1-c1nc2c(OC)c(C(N)=O)ccc2[nH]1.COc1c(C(N)=O)ccc2[nH]c(-c3c(C(=O)O)sc4cccc(Cl)c34)nc12. The topological polar surface area (TPSA) is 226 Å². The van der Waals surface area contributed by atoms with Crippen molar-refractivity contribution in [3.8, 4) is 34.3 Å². The molecule has 0 aliphatic rings. The van der Waals surface area contributed by atoms with E-state index in [2.05, 4.69) is 19.9 Å². The van der Waals surface area contributed by atoms with Gasteiger partial charge in [-0.2, -0.15) is 0 Å². The number of nitrogens with two attached hydrogens (primary N) is 2. The van der Waals surface area contributed by atoms with Crippen LogP contribution in [0.4, 0.5) is 0 Å². The third-order valence-corrected chi connectivity index (χ3v) is 11.5. The molecule has 0 radical (unpaired) electrons. The molecule has 14 nitrogen and oxygen atoms in total. The summed E-state index contributed by atoms with van der Waals surface area (Å²) >= 11 is 15.2. The van der Waals surface area contributed by atoms with E-state index >= 15 is 0 Å². The third kappa shape index (κ3) is 6.51. The molecule has 0 saturated carbocycles. The lowest BCUT2D eigenvalue weighted by atomic mass is 10.1. The van der Waals surface area contributed by atoms with Crippen LogP contribution in [0, 0.1) is 0 Å². The number of aromatic carboxylic acids is 1. The van der Waals surface area contributed by atoms with Crippen LogP contribution in [-0.2, 0) is 4.74 Å². The molecule has 8 rings (SSSR count). The molecule has 0 unspecified atom stereocenters. The number of nitrogens with zero attached hydrogens (tertiary/aromatic N) is 2. The average molecular weight is 832 g/mol. The van der Waals surface area contributed by atoms with Gasteiger partial charge < -0.3 is 40.8 Å². The van der Waals surface area contributed by atoms with Crippen molar-refractivity contribution in [2.45, 2.75) is 6.92 Å². The minimum atomic E-state index is -1.08. The second-order valence-corrected chi connectivity index (χ2v) is 14.8. The van der Waals surface area contributed by atoms with Gasteiger partial charge in [-0.3, -0.25) is 9.59 Å². The number of fused-ring (bicyclic) bond motifs is 4. The quantitative estimate of drug-likeness (QED) is 0.0875. The highest BCUT2D eigenvalue weighted by Gasteiger charge is 2.27. The van der Waals surface area contributed by atoms with Crippen molar-refractivity contribution >= 4 is 112 Å². The number of benzene rings is 4. The van der Waals surface area contributed by atoms with Crippen molar-refractivity contribution < 1.29 is 38.5 Å². The van der Waals surface area contributed by atoms with E-state index in [1.165, 1.54) is 31.6 Å². The molecule has 4 aromatic heterocycles. The summed E-state index contributed by atoms with van der Waals surface area (Å²) in [5, 5.41) is 11.9. The van der Waals surface area contributed by atoms with Gasteiger partial charge in [0.2, 0.25) is 0 Å². The molecule has 18 heteroatoms. The number of H-pyrrole nitrogens is 2. The molecule has 8 aromatic rings. The summed E-state index contributed by atoms with van der Waals surface area (Å²) < 4.78 is 17.5. The predicted octanol–water partition coefficient (Wildman–Crippen LogP) is 8.29. The number of carboxylic acids is 1. The summed E-state index contributed by atoms with van der Waals surface area (Å²) in [6.07, 6.45) is 0. The van der Waals surface area contributed by atoms with Gasteiger partial charge in [0.1, 0.15) is 32.4 Å². The smallest absolute Gasteiger partial charge is 0.349 e. The summed E-state index contributed by atoms with van der Waals surface area (Å²) in [7, 11) is 2.85. The molecule has 4 heterocycles. The van der Waals surface area contributed by atoms with E-state index in [0.29, 0.717) is 70.5 Å².